The maximum absolute atomic E-state index is 13.8. The number of hydrogen-bond donors (Lipinski definition) is 2. The van der Waals surface area contributed by atoms with Crippen molar-refractivity contribution in [3.63, 3.8) is 0 Å². The number of hydrogen-bond acceptors (Lipinski definition) is 9. The van der Waals surface area contributed by atoms with Crippen LogP contribution in [0.3, 0.4) is 0 Å². The fourth-order valence-corrected chi connectivity index (χ4v) is 4.52. The van der Waals surface area contributed by atoms with E-state index in [0.717, 1.165) is 12.8 Å². The molecule has 2 atom stereocenters. The van der Waals surface area contributed by atoms with Crippen LogP contribution in [0.2, 0.25) is 0 Å². The quantitative estimate of drug-likeness (QED) is 0.324. The van der Waals surface area contributed by atoms with Gasteiger partial charge in [-0.05, 0) is 84.9 Å². The number of rotatable bonds is 11. The van der Waals surface area contributed by atoms with E-state index in [1.807, 2.05) is 0 Å². The molecule has 0 spiro atoms. The van der Waals surface area contributed by atoms with Crippen LogP contribution in [0.1, 0.15) is 83.1 Å². The summed E-state index contributed by atoms with van der Waals surface area (Å²) in [6, 6.07) is 3.09. The molecule has 2 aromatic rings. The lowest BCUT2D eigenvalue weighted by Gasteiger charge is -2.22. The zero-order valence-corrected chi connectivity index (χ0v) is 25.8. The van der Waals surface area contributed by atoms with E-state index in [1.54, 1.807) is 41.5 Å². The van der Waals surface area contributed by atoms with Gasteiger partial charge < -0.3 is 38.9 Å². The molecule has 14 heteroatoms. The van der Waals surface area contributed by atoms with E-state index >= 15 is 0 Å². The number of alkyl halides is 2. The average Bonchev–Trinajstić information content (AvgIpc) is 3.43. The lowest BCUT2D eigenvalue weighted by atomic mass is 10.2. The lowest BCUT2D eigenvalue weighted by molar-refractivity contribution is -0.0515. The Hall–Kier alpha value is -4.10. The van der Waals surface area contributed by atoms with E-state index < -0.39 is 36.3 Å². The molecule has 1 aliphatic carbocycles. The third kappa shape index (κ3) is 9.20. The third-order valence-electron chi connectivity index (χ3n) is 6.70. The van der Waals surface area contributed by atoms with Gasteiger partial charge in [0.25, 0.3) is 5.91 Å². The number of nitrogens with one attached hydrogen (secondary N) is 2. The van der Waals surface area contributed by atoms with Crippen LogP contribution < -0.4 is 20.1 Å². The number of likely N-dealkylation sites (tertiary alicyclic amines) is 1. The second-order valence-corrected chi connectivity index (χ2v) is 12.2. The number of halogens is 2. The van der Waals surface area contributed by atoms with Gasteiger partial charge in [0.1, 0.15) is 5.60 Å². The van der Waals surface area contributed by atoms with Crippen LogP contribution >= 0.6 is 0 Å². The lowest BCUT2D eigenvalue weighted by Crippen LogP contribution is -2.40. The number of ether oxygens (including phenoxy) is 4. The summed E-state index contributed by atoms with van der Waals surface area (Å²) in [6.07, 6.45) is 0.900. The van der Waals surface area contributed by atoms with Gasteiger partial charge in [-0.3, -0.25) is 4.79 Å². The molecule has 2 N–H and O–H groups in total. The first kappa shape index (κ1) is 32.8. The van der Waals surface area contributed by atoms with Crippen molar-refractivity contribution in [2.45, 2.75) is 91.2 Å². The average molecular weight is 623 g/mol. The molecule has 1 aromatic carbocycles. The number of carbonyl (C=O) groups excluding carboxylic acids is 3. The first-order chi connectivity index (χ1) is 20.7. The van der Waals surface area contributed by atoms with Crippen LogP contribution in [-0.4, -0.2) is 72.0 Å². The number of aromatic nitrogens is 1. The summed E-state index contributed by atoms with van der Waals surface area (Å²) >= 11 is 0. The first-order valence-corrected chi connectivity index (χ1v) is 14.7. The van der Waals surface area contributed by atoms with E-state index in [0.29, 0.717) is 31.1 Å². The zero-order valence-electron chi connectivity index (χ0n) is 25.8. The number of carbonyl (C=O) groups is 3. The van der Waals surface area contributed by atoms with Crippen LogP contribution in [0.5, 0.6) is 11.5 Å². The number of nitrogens with zero attached hydrogens (tertiary/aromatic N) is 2. The van der Waals surface area contributed by atoms with Gasteiger partial charge in [-0.15, -0.1) is 0 Å². The molecule has 242 valence electrons. The topological polar surface area (TPSA) is 141 Å². The van der Waals surface area contributed by atoms with Gasteiger partial charge in [0, 0.05) is 18.7 Å². The number of benzene rings is 1. The smallest absolute Gasteiger partial charge is 0.408 e. The highest BCUT2D eigenvalue weighted by molar-refractivity contribution is 5.94. The van der Waals surface area contributed by atoms with E-state index in [2.05, 4.69) is 20.4 Å². The second-order valence-electron chi connectivity index (χ2n) is 12.2. The minimum absolute atomic E-state index is 0.00967. The normalized spacial score (nSPS) is 17.4. The van der Waals surface area contributed by atoms with Crippen molar-refractivity contribution in [1.29, 1.82) is 0 Å². The highest BCUT2D eigenvalue weighted by Gasteiger charge is 2.34. The first-order valence-electron chi connectivity index (χ1n) is 14.7. The van der Waals surface area contributed by atoms with Crippen molar-refractivity contribution >= 4 is 18.1 Å². The molecule has 2 heterocycles. The Labute approximate surface area is 254 Å². The predicted molar refractivity (Wildman–Crippen MR) is 154 cm³/mol. The Bertz CT molecular complexity index is 1340. The molecule has 2 fully saturated rings. The monoisotopic (exact) mass is 622 g/mol. The summed E-state index contributed by atoms with van der Waals surface area (Å²) in [5.41, 5.74) is -0.468. The minimum atomic E-state index is -3.05. The van der Waals surface area contributed by atoms with Gasteiger partial charge in [-0.25, -0.2) is 14.6 Å². The highest BCUT2D eigenvalue weighted by atomic mass is 19.3. The Morgan fingerprint density at radius 3 is 2.45 bits per heavy atom. The fourth-order valence-electron chi connectivity index (χ4n) is 4.52. The number of amides is 3. The predicted octanol–water partition coefficient (Wildman–Crippen LogP) is 5.67. The molecule has 0 bridgehead atoms. The largest absolute Gasteiger partial charge is 0.489 e. The molecule has 12 nitrogen and oxygen atoms in total. The van der Waals surface area contributed by atoms with E-state index in [1.165, 1.54) is 23.1 Å². The summed E-state index contributed by atoms with van der Waals surface area (Å²) in [5.74, 6) is -0.100. The number of alkyl carbamates (subject to hydrolysis) is 2. The Morgan fingerprint density at radius 1 is 1.09 bits per heavy atom. The maximum atomic E-state index is 13.8. The minimum Gasteiger partial charge on any atom is -0.489 e. The second kappa shape index (κ2) is 13.7. The highest BCUT2D eigenvalue weighted by Crippen LogP contribution is 2.37. The molecular weight excluding hydrogens is 582 g/mol. The Morgan fingerprint density at radius 2 is 1.82 bits per heavy atom. The zero-order chi connectivity index (χ0) is 32.2. The molecule has 0 radical (unpaired) electrons. The van der Waals surface area contributed by atoms with Crippen LogP contribution in [0.4, 0.5) is 18.4 Å². The van der Waals surface area contributed by atoms with Crippen molar-refractivity contribution in [2.75, 3.05) is 19.7 Å². The van der Waals surface area contributed by atoms with Gasteiger partial charge in [-0.1, -0.05) is 0 Å². The summed E-state index contributed by atoms with van der Waals surface area (Å²) in [6.45, 7) is 8.09. The van der Waals surface area contributed by atoms with Gasteiger partial charge in [0.05, 0.1) is 24.8 Å². The molecule has 1 unspecified atom stereocenters. The standard InChI is InChI=1S/C30H40F2N4O8/c1-16(2)41-28(38)34-20-11-12-36(14-20)26(37)23-24(17(3)33-29(39)44-30(4,5)6)43-25(35-23)19-9-10-21(42-27(31)32)22(13-19)40-15-18-7-8-18/h9-10,13,16-18,20,27H,7-8,11-12,14-15H2,1-6H3,(H,33,39)(H,34,38)/t17?,20-/m1/s1. The van der Waals surface area contributed by atoms with Crippen LogP contribution in [-0.2, 0) is 9.47 Å². The molecule has 3 amide bonds. The summed E-state index contributed by atoms with van der Waals surface area (Å²) in [5, 5.41) is 5.43. The van der Waals surface area contributed by atoms with Gasteiger partial charge >= 0.3 is 18.8 Å². The van der Waals surface area contributed by atoms with E-state index in [-0.39, 0.29) is 47.5 Å². The molecule has 2 aliphatic rings. The van der Waals surface area contributed by atoms with E-state index in [9.17, 15) is 23.2 Å². The summed E-state index contributed by atoms with van der Waals surface area (Å²) < 4.78 is 53.1. The molecular formula is C30H40F2N4O8. The molecule has 44 heavy (non-hydrogen) atoms. The van der Waals surface area contributed by atoms with Crippen molar-refractivity contribution in [3.8, 4) is 23.0 Å². The van der Waals surface area contributed by atoms with Crippen molar-refractivity contribution in [3.05, 3.63) is 29.7 Å². The number of oxazole rings is 1. The van der Waals surface area contributed by atoms with E-state index in [4.69, 9.17) is 18.6 Å². The maximum Gasteiger partial charge on any atom is 0.408 e. The summed E-state index contributed by atoms with van der Waals surface area (Å²) in [4.78, 5) is 44.4. The van der Waals surface area contributed by atoms with Gasteiger partial charge in [0.2, 0.25) is 5.89 Å². The van der Waals surface area contributed by atoms with Gasteiger partial charge in [0.15, 0.2) is 23.0 Å². The SMILES string of the molecule is CC(C)OC(=O)N[C@@H]1CCN(C(=O)c2nc(-c3ccc(OC(F)F)c(OCC4CC4)c3)oc2C(C)NC(=O)OC(C)(C)C)C1. The Balaban J connectivity index is 1.61. The molecule has 4 rings (SSSR count). The van der Waals surface area contributed by atoms with Crippen LogP contribution in [0.15, 0.2) is 22.6 Å². The molecule has 1 aromatic heterocycles. The van der Waals surface area contributed by atoms with Crippen molar-refractivity contribution < 1.29 is 46.5 Å². The van der Waals surface area contributed by atoms with Crippen LogP contribution in [0.25, 0.3) is 11.5 Å². The summed E-state index contributed by atoms with van der Waals surface area (Å²) in [7, 11) is 0. The molecule has 1 aliphatic heterocycles. The fraction of sp³-hybridized carbons (Fsp3) is 0.600. The molecule has 1 saturated heterocycles. The molecule has 1 saturated carbocycles. The third-order valence-corrected chi connectivity index (χ3v) is 6.70. The van der Waals surface area contributed by atoms with Crippen molar-refractivity contribution in [2.24, 2.45) is 5.92 Å². The van der Waals surface area contributed by atoms with Crippen LogP contribution in [0, 0.1) is 5.92 Å². The van der Waals surface area contributed by atoms with Gasteiger partial charge in [-0.2, -0.15) is 8.78 Å². The van der Waals surface area contributed by atoms with Crippen molar-refractivity contribution in [1.82, 2.24) is 20.5 Å². The Kier molecular flexibility index (Phi) is 10.2.